The highest BCUT2D eigenvalue weighted by Gasteiger charge is 2.13. The van der Waals surface area contributed by atoms with E-state index in [1.807, 2.05) is 30.5 Å². The van der Waals surface area contributed by atoms with E-state index in [9.17, 15) is 0 Å². The molecule has 0 aliphatic rings. The number of hydrogen-bond donors (Lipinski definition) is 1. The minimum absolute atomic E-state index is 0.608. The molecule has 8 rings (SSSR count). The minimum Gasteiger partial charge on any atom is -0.398 e. The SMILES string of the molecule is C=C(N=C(/C=C(\N)c1cccc(-c2cccnc2)c1)c1cccc(-c2cccc3ccccc23)c1)c1cc2ccccc2c2ccccc12. The van der Waals surface area contributed by atoms with Gasteiger partial charge in [0, 0.05) is 34.8 Å². The highest BCUT2D eigenvalue weighted by molar-refractivity contribution is 6.16. The zero-order chi connectivity index (χ0) is 33.2. The number of allylic oxidation sites excluding steroid dienone is 1. The second-order valence-corrected chi connectivity index (χ2v) is 12.2. The quantitative estimate of drug-likeness (QED) is 0.141. The summed E-state index contributed by atoms with van der Waals surface area (Å²) in [6.07, 6.45) is 5.61. The van der Waals surface area contributed by atoms with Crippen LogP contribution in [0.25, 0.3) is 66.0 Å². The molecule has 0 saturated heterocycles. The first-order chi connectivity index (χ1) is 24.1. The van der Waals surface area contributed by atoms with Gasteiger partial charge in [-0.15, -0.1) is 0 Å². The van der Waals surface area contributed by atoms with Crippen molar-refractivity contribution in [3.8, 4) is 22.3 Å². The monoisotopic (exact) mass is 627 g/mol. The number of hydrogen-bond acceptors (Lipinski definition) is 3. The normalized spacial score (nSPS) is 12.1. The minimum atomic E-state index is 0.608. The summed E-state index contributed by atoms with van der Waals surface area (Å²) in [5.74, 6) is 0. The van der Waals surface area contributed by atoms with Gasteiger partial charge in [0.2, 0.25) is 0 Å². The van der Waals surface area contributed by atoms with E-state index in [4.69, 9.17) is 10.7 Å². The number of nitrogens with two attached hydrogens (primary N) is 1. The molecule has 0 saturated carbocycles. The van der Waals surface area contributed by atoms with Crippen molar-refractivity contribution in [2.45, 2.75) is 0 Å². The topological polar surface area (TPSA) is 51.3 Å². The van der Waals surface area contributed by atoms with Crippen molar-refractivity contribution in [2.24, 2.45) is 10.7 Å². The van der Waals surface area contributed by atoms with E-state index in [0.29, 0.717) is 11.4 Å². The van der Waals surface area contributed by atoms with E-state index in [-0.39, 0.29) is 0 Å². The van der Waals surface area contributed by atoms with Crippen LogP contribution in [0.4, 0.5) is 0 Å². The van der Waals surface area contributed by atoms with Gasteiger partial charge in [0.1, 0.15) is 0 Å². The molecule has 8 aromatic rings. The molecule has 0 fully saturated rings. The summed E-state index contributed by atoms with van der Waals surface area (Å²) >= 11 is 0. The zero-order valence-electron chi connectivity index (χ0n) is 26.9. The highest BCUT2D eigenvalue weighted by atomic mass is 14.8. The van der Waals surface area contributed by atoms with Crippen LogP contribution < -0.4 is 5.73 Å². The Bertz CT molecular complexity index is 2570. The molecule has 1 heterocycles. The first kappa shape index (κ1) is 29.8. The maximum Gasteiger partial charge on any atom is 0.0730 e. The Hall–Kier alpha value is -6.58. The molecule has 0 radical (unpaired) electrons. The van der Waals surface area contributed by atoms with E-state index in [0.717, 1.165) is 49.9 Å². The molecule has 7 aromatic carbocycles. The van der Waals surface area contributed by atoms with Crippen molar-refractivity contribution in [3.05, 3.63) is 199 Å². The number of pyridine rings is 1. The highest BCUT2D eigenvalue weighted by Crippen LogP contribution is 2.34. The zero-order valence-corrected chi connectivity index (χ0v) is 26.9. The van der Waals surface area contributed by atoms with E-state index < -0.39 is 0 Å². The summed E-state index contributed by atoms with van der Waals surface area (Å²) in [6.45, 7) is 4.54. The second kappa shape index (κ2) is 12.9. The van der Waals surface area contributed by atoms with Gasteiger partial charge in [-0.25, -0.2) is 4.99 Å². The number of rotatable bonds is 7. The maximum atomic E-state index is 6.92. The molecule has 0 spiro atoms. The van der Waals surface area contributed by atoms with Crippen molar-refractivity contribution >= 4 is 49.4 Å². The standard InChI is InChI=1S/C46H33N3/c1-31(44-28-35-13-3-5-21-41(35)42-22-6-7-23-43(42)44)49-46(29-45(47)36-17-8-15-33(26-36)38-19-11-25-48-30-38)37-18-9-16-34(27-37)40-24-10-14-32-12-2-4-20-39(32)40/h2-30H,1,47H2/b45-29-,49-46?. The summed E-state index contributed by atoms with van der Waals surface area (Å²) in [5.41, 5.74) is 16.1. The van der Waals surface area contributed by atoms with Gasteiger partial charge in [0.15, 0.2) is 0 Å². The van der Waals surface area contributed by atoms with Crippen LogP contribution in [0, 0.1) is 0 Å². The smallest absolute Gasteiger partial charge is 0.0730 e. The Morgan fingerprint density at radius 3 is 2.00 bits per heavy atom. The number of aromatic nitrogens is 1. The third-order valence-corrected chi connectivity index (χ3v) is 9.08. The molecule has 232 valence electrons. The molecule has 3 heteroatoms. The Balaban J connectivity index is 1.29. The van der Waals surface area contributed by atoms with Gasteiger partial charge in [-0.1, -0.05) is 140 Å². The van der Waals surface area contributed by atoms with Gasteiger partial charge < -0.3 is 5.73 Å². The molecule has 2 N–H and O–H groups in total. The van der Waals surface area contributed by atoms with Gasteiger partial charge in [0.25, 0.3) is 0 Å². The molecule has 0 atom stereocenters. The van der Waals surface area contributed by atoms with Crippen molar-refractivity contribution in [2.75, 3.05) is 0 Å². The van der Waals surface area contributed by atoms with Crippen molar-refractivity contribution in [1.82, 2.24) is 4.98 Å². The molecule has 3 nitrogen and oxygen atoms in total. The van der Waals surface area contributed by atoms with Crippen LogP contribution in [-0.2, 0) is 0 Å². The molecule has 0 aliphatic heterocycles. The van der Waals surface area contributed by atoms with Gasteiger partial charge in [-0.3, -0.25) is 4.98 Å². The van der Waals surface area contributed by atoms with Crippen molar-refractivity contribution < 1.29 is 0 Å². The van der Waals surface area contributed by atoms with E-state index in [1.54, 1.807) is 6.20 Å². The average molecular weight is 628 g/mol. The lowest BCUT2D eigenvalue weighted by Gasteiger charge is -2.13. The Labute approximate surface area is 286 Å². The first-order valence-corrected chi connectivity index (χ1v) is 16.4. The van der Waals surface area contributed by atoms with Crippen LogP contribution in [0.1, 0.15) is 16.7 Å². The number of nitrogens with zero attached hydrogens (tertiary/aromatic N) is 2. The molecule has 0 aliphatic carbocycles. The van der Waals surface area contributed by atoms with Crippen LogP contribution >= 0.6 is 0 Å². The average Bonchev–Trinajstić information content (AvgIpc) is 3.17. The van der Waals surface area contributed by atoms with Gasteiger partial charge in [-0.2, -0.15) is 0 Å². The number of fused-ring (bicyclic) bond motifs is 4. The van der Waals surface area contributed by atoms with Crippen LogP contribution in [0.3, 0.4) is 0 Å². The lowest BCUT2D eigenvalue weighted by Crippen LogP contribution is -2.05. The predicted octanol–water partition coefficient (Wildman–Crippen LogP) is 11.3. The van der Waals surface area contributed by atoms with Crippen LogP contribution in [-0.4, -0.2) is 10.7 Å². The Morgan fingerprint density at radius 1 is 0.551 bits per heavy atom. The summed E-state index contributed by atoms with van der Waals surface area (Å²) in [4.78, 5) is 9.58. The fourth-order valence-corrected chi connectivity index (χ4v) is 6.64. The van der Waals surface area contributed by atoms with Crippen LogP contribution in [0.2, 0.25) is 0 Å². The summed E-state index contributed by atoms with van der Waals surface area (Å²) in [5, 5.41) is 7.05. The van der Waals surface area contributed by atoms with Crippen LogP contribution in [0.15, 0.2) is 188 Å². The van der Waals surface area contributed by atoms with E-state index >= 15 is 0 Å². The second-order valence-electron chi connectivity index (χ2n) is 12.2. The number of benzene rings is 7. The lowest BCUT2D eigenvalue weighted by molar-refractivity contribution is 1.33. The molecule has 49 heavy (non-hydrogen) atoms. The Kier molecular flexibility index (Phi) is 7.85. The largest absolute Gasteiger partial charge is 0.398 e. The summed E-state index contributed by atoms with van der Waals surface area (Å²) < 4.78 is 0. The van der Waals surface area contributed by atoms with Crippen molar-refractivity contribution in [3.63, 3.8) is 0 Å². The molecular weight excluding hydrogens is 595 g/mol. The van der Waals surface area contributed by atoms with E-state index in [2.05, 4.69) is 151 Å². The molecule has 0 unspecified atom stereocenters. The van der Waals surface area contributed by atoms with Gasteiger partial charge >= 0.3 is 0 Å². The van der Waals surface area contributed by atoms with Gasteiger partial charge in [0.05, 0.1) is 11.4 Å². The predicted molar refractivity (Wildman–Crippen MR) is 208 cm³/mol. The summed E-state index contributed by atoms with van der Waals surface area (Å²) in [6, 6.07) is 54.8. The van der Waals surface area contributed by atoms with Crippen LogP contribution in [0.5, 0.6) is 0 Å². The third-order valence-electron chi connectivity index (χ3n) is 9.08. The fraction of sp³-hybridized carbons (Fsp3) is 0. The molecule has 1 aromatic heterocycles. The lowest BCUT2D eigenvalue weighted by atomic mass is 9.95. The summed E-state index contributed by atoms with van der Waals surface area (Å²) in [7, 11) is 0. The molecule has 0 bridgehead atoms. The maximum absolute atomic E-state index is 6.92. The van der Waals surface area contributed by atoms with E-state index in [1.165, 1.54) is 27.1 Å². The fourth-order valence-electron chi connectivity index (χ4n) is 6.64. The van der Waals surface area contributed by atoms with Gasteiger partial charge in [-0.05, 0) is 84.9 Å². The van der Waals surface area contributed by atoms with Crippen molar-refractivity contribution in [1.29, 1.82) is 0 Å². The molecule has 0 amide bonds. The molecular formula is C46H33N3. The first-order valence-electron chi connectivity index (χ1n) is 16.4. The Morgan fingerprint density at radius 2 is 1.18 bits per heavy atom. The third kappa shape index (κ3) is 5.90. The number of aliphatic imine (C=N–C) groups is 1.